The number of nitrogens with two attached hydrogens (primary N) is 1. The van der Waals surface area contributed by atoms with E-state index >= 15 is 0 Å². The zero-order chi connectivity index (χ0) is 37.8. The van der Waals surface area contributed by atoms with Crippen molar-refractivity contribution in [2.24, 2.45) is 5.73 Å². The highest BCUT2D eigenvalue weighted by Gasteiger charge is 2.51. The normalized spacial score (nSPS) is 22.0. The fraction of sp³-hybridized carbons (Fsp3) is 0.538. The van der Waals surface area contributed by atoms with E-state index in [1.54, 1.807) is 0 Å². The van der Waals surface area contributed by atoms with Crippen LogP contribution in [0.25, 0.3) is 22.0 Å². The van der Waals surface area contributed by atoms with Crippen molar-refractivity contribution < 1.29 is 22.8 Å². The van der Waals surface area contributed by atoms with Gasteiger partial charge in [0, 0.05) is 77.8 Å². The van der Waals surface area contributed by atoms with E-state index in [9.17, 15) is 22.8 Å². The van der Waals surface area contributed by atoms with Gasteiger partial charge in [-0.3, -0.25) is 9.59 Å². The first-order valence-corrected chi connectivity index (χ1v) is 22.1. The summed E-state index contributed by atoms with van der Waals surface area (Å²) in [4.78, 5) is 37.6. The standard InChI is InChI=1S/C39H52N6O5S3/c1-39-25-52-34(36(39)42-38(48)43-39)14-8-7-13-30(46)12-5-3-4-6-15-35(47)41-28-16-17-31-32(26-10-9-11-27(22-26)37(40)51)24-45(33(31)23-28)29-18-20-44(21-19-29)53(2,49)50/h9-11,16-17,22-24,29,34,36H,3-8,12-15,18-21,25H2,1-2H3,(H2,40,51)(H,41,47)(H2,42,43,48)/t34-,36+,39-/m0/s1. The average Bonchev–Trinajstić information content (AvgIpc) is 3.75. The number of hydrogen-bond acceptors (Lipinski definition) is 7. The SMILES string of the molecule is C[C@]12CS[C@@H](CCCCC(=O)CCCCCCC(=O)Nc3ccc4c(-c5cccc(C(N)=S)c5)cn(C5CCN(S(C)(=O)=O)CC5)c4c3)[C@H]1NC(=O)N2. The number of anilines is 1. The Balaban J connectivity index is 0.966. The fourth-order valence-corrected chi connectivity index (χ4v) is 10.8. The summed E-state index contributed by atoms with van der Waals surface area (Å²) in [5, 5.41) is 10.6. The number of Topliss-reactive ketones (excluding diaryl/α,β-unsaturated/α-hetero) is 1. The van der Waals surface area contributed by atoms with Crippen molar-refractivity contribution in [2.75, 3.05) is 30.4 Å². The van der Waals surface area contributed by atoms with Gasteiger partial charge in [-0.15, -0.1) is 0 Å². The van der Waals surface area contributed by atoms with Crippen LogP contribution in [0, 0.1) is 0 Å². The Bertz CT molecular complexity index is 1960. The van der Waals surface area contributed by atoms with Gasteiger partial charge in [0.05, 0.1) is 23.4 Å². The summed E-state index contributed by atoms with van der Waals surface area (Å²) in [5.41, 5.74) is 10.3. The lowest BCUT2D eigenvalue weighted by atomic mass is 9.92. The Labute approximate surface area is 322 Å². The van der Waals surface area contributed by atoms with Crippen molar-refractivity contribution in [3.8, 4) is 11.1 Å². The minimum absolute atomic E-state index is 0.0435. The molecule has 6 rings (SSSR count). The number of carbonyl (C=O) groups is 3. The van der Waals surface area contributed by atoms with Crippen molar-refractivity contribution in [3.05, 3.63) is 54.2 Å². The molecule has 53 heavy (non-hydrogen) atoms. The summed E-state index contributed by atoms with van der Waals surface area (Å²) in [6, 6.07) is 14.0. The molecule has 3 aliphatic rings. The van der Waals surface area contributed by atoms with Gasteiger partial charge in [0.2, 0.25) is 15.9 Å². The van der Waals surface area contributed by atoms with Gasteiger partial charge in [-0.05, 0) is 69.2 Å². The van der Waals surface area contributed by atoms with Crippen LogP contribution in [0.1, 0.15) is 95.6 Å². The predicted molar refractivity (Wildman–Crippen MR) is 218 cm³/mol. The van der Waals surface area contributed by atoms with Crippen LogP contribution < -0.4 is 21.7 Å². The molecule has 286 valence electrons. The molecule has 4 heterocycles. The van der Waals surface area contributed by atoms with Crippen LogP contribution in [0.4, 0.5) is 10.5 Å². The molecule has 0 saturated carbocycles. The quantitative estimate of drug-likeness (QED) is 0.0688. The zero-order valence-electron chi connectivity index (χ0n) is 30.7. The summed E-state index contributed by atoms with van der Waals surface area (Å²) in [6.45, 7) is 3.02. The molecular formula is C39H52N6O5S3. The van der Waals surface area contributed by atoms with E-state index in [1.165, 1.54) is 10.6 Å². The van der Waals surface area contributed by atoms with Crippen LogP contribution in [-0.2, 0) is 19.6 Å². The summed E-state index contributed by atoms with van der Waals surface area (Å²) in [7, 11) is -3.25. The van der Waals surface area contributed by atoms with Crippen molar-refractivity contribution in [2.45, 2.75) is 107 Å². The number of sulfonamides is 1. The monoisotopic (exact) mass is 780 g/mol. The first-order chi connectivity index (χ1) is 25.3. The number of fused-ring (bicyclic) bond motifs is 2. The second kappa shape index (κ2) is 16.9. The minimum Gasteiger partial charge on any atom is -0.389 e. The number of amides is 3. The molecule has 2 aromatic carbocycles. The Morgan fingerprint density at radius 1 is 1.02 bits per heavy atom. The first-order valence-electron chi connectivity index (χ1n) is 18.8. The van der Waals surface area contributed by atoms with E-state index in [2.05, 4.69) is 33.6 Å². The summed E-state index contributed by atoms with van der Waals surface area (Å²) >= 11 is 7.15. The first kappa shape index (κ1) is 39.2. The minimum atomic E-state index is -3.25. The third kappa shape index (κ3) is 9.62. The van der Waals surface area contributed by atoms with Gasteiger partial charge < -0.3 is 26.3 Å². The molecule has 0 bridgehead atoms. The summed E-state index contributed by atoms with van der Waals surface area (Å²) in [6.07, 6.45) is 12.6. The number of hydrogen-bond donors (Lipinski definition) is 4. The molecule has 0 spiro atoms. The number of nitrogens with zero attached hydrogens (tertiary/aromatic N) is 2. The molecule has 3 saturated heterocycles. The Kier molecular flexibility index (Phi) is 12.5. The van der Waals surface area contributed by atoms with Crippen LogP contribution >= 0.6 is 24.0 Å². The number of benzene rings is 2. The molecule has 3 fully saturated rings. The largest absolute Gasteiger partial charge is 0.389 e. The maximum Gasteiger partial charge on any atom is 0.315 e. The average molecular weight is 781 g/mol. The lowest BCUT2D eigenvalue weighted by Crippen LogP contribution is -2.47. The topological polar surface area (TPSA) is 156 Å². The molecule has 11 nitrogen and oxygen atoms in total. The second-order valence-corrected chi connectivity index (χ2v) is 18.8. The van der Waals surface area contributed by atoms with E-state index in [1.807, 2.05) is 54.2 Å². The van der Waals surface area contributed by atoms with E-state index < -0.39 is 10.0 Å². The molecule has 0 aliphatic carbocycles. The Morgan fingerprint density at radius 2 is 1.74 bits per heavy atom. The third-order valence-electron chi connectivity index (χ3n) is 11.0. The second-order valence-electron chi connectivity index (χ2n) is 15.1. The van der Waals surface area contributed by atoms with E-state index in [0.29, 0.717) is 61.2 Å². The maximum atomic E-state index is 13.0. The van der Waals surface area contributed by atoms with Gasteiger partial charge in [-0.1, -0.05) is 55.7 Å². The van der Waals surface area contributed by atoms with Gasteiger partial charge >= 0.3 is 6.03 Å². The van der Waals surface area contributed by atoms with E-state index in [-0.39, 0.29) is 29.6 Å². The van der Waals surface area contributed by atoms with Crippen molar-refractivity contribution in [1.29, 1.82) is 0 Å². The lowest BCUT2D eigenvalue weighted by Gasteiger charge is -2.31. The van der Waals surface area contributed by atoms with E-state index in [4.69, 9.17) is 18.0 Å². The number of nitrogens with one attached hydrogen (secondary N) is 3. The molecule has 1 aromatic heterocycles. The van der Waals surface area contributed by atoms with Gasteiger partial charge in [-0.2, -0.15) is 11.8 Å². The van der Waals surface area contributed by atoms with E-state index in [0.717, 1.165) is 84.0 Å². The number of urea groups is 1. The molecule has 3 amide bonds. The number of unbranched alkanes of at least 4 members (excludes halogenated alkanes) is 4. The molecule has 14 heteroatoms. The highest BCUT2D eigenvalue weighted by molar-refractivity contribution is 8.00. The third-order valence-corrected chi connectivity index (χ3v) is 14.2. The van der Waals surface area contributed by atoms with Crippen molar-refractivity contribution >= 4 is 73.3 Å². The predicted octanol–water partition coefficient (Wildman–Crippen LogP) is 6.50. The highest BCUT2D eigenvalue weighted by Crippen LogP contribution is 2.40. The number of rotatable bonds is 17. The molecule has 5 N–H and O–H groups in total. The Hall–Kier alpha value is -3.46. The lowest BCUT2D eigenvalue weighted by molar-refractivity contribution is -0.119. The molecule has 0 unspecified atom stereocenters. The Morgan fingerprint density at radius 3 is 2.45 bits per heavy atom. The molecule has 3 atom stereocenters. The number of ketones is 1. The van der Waals surface area contributed by atoms with Crippen LogP contribution in [0.5, 0.6) is 0 Å². The van der Waals surface area contributed by atoms with Gasteiger partial charge in [0.15, 0.2) is 0 Å². The van der Waals surface area contributed by atoms with Gasteiger partial charge in [0.25, 0.3) is 0 Å². The molecular weight excluding hydrogens is 729 g/mol. The van der Waals surface area contributed by atoms with Crippen LogP contribution in [0.15, 0.2) is 48.7 Å². The smallest absolute Gasteiger partial charge is 0.315 e. The van der Waals surface area contributed by atoms with Crippen molar-refractivity contribution in [1.82, 2.24) is 19.5 Å². The summed E-state index contributed by atoms with van der Waals surface area (Å²) in [5.74, 6) is 1.19. The number of piperidine rings is 1. The summed E-state index contributed by atoms with van der Waals surface area (Å²) < 4.78 is 28.1. The van der Waals surface area contributed by atoms with Gasteiger partial charge in [-0.25, -0.2) is 17.5 Å². The zero-order valence-corrected chi connectivity index (χ0v) is 33.1. The van der Waals surface area contributed by atoms with Gasteiger partial charge in [0.1, 0.15) is 10.8 Å². The number of thioether (sulfide) groups is 1. The van der Waals surface area contributed by atoms with Crippen LogP contribution in [0.3, 0.4) is 0 Å². The van der Waals surface area contributed by atoms with Crippen molar-refractivity contribution in [3.63, 3.8) is 0 Å². The fourth-order valence-electron chi connectivity index (χ4n) is 8.06. The molecule has 0 radical (unpaired) electrons. The molecule has 3 aromatic rings. The molecule has 3 aliphatic heterocycles. The van der Waals surface area contributed by atoms with Crippen LogP contribution in [-0.4, -0.2) is 81.9 Å². The highest BCUT2D eigenvalue weighted by atomic mass is 32.2. The number of carbonyl (C=O) groups excluding carboxylic acids is 3. The number of thiocarbonyl (C=S) groups is 1. The van der Waals surface area contributed by atoms with Crippen LogP contribution in [0.2, 0.25) is 0 Å². The number of aromatic nitrogens is 1. The maximum absolute atomic E-state index is 13.0.